The van der Waals surface area contributed by atoms with E-state index in [4.69, 9.17) is 26.9 Å². The molecule has 0 spiro atoms. The fourth-order valence-corrected chi connectivity index (χ4v) is 4.88. The SMILES string of the molecule is Clc1cc(CCCN2CCCC2)ccc1OC1CC1.NC(=O)C1=NOCc2c1ccc1cccnc21. The second kappa shape index (κ2) is 11.3. The maximum atomic E-state index is 11.2. The summed E-state index contributed by atoms with van der Waals surface area (Å²) in [5.41, 5.74) is 9.11. The lowest BCUT2D eigenvalue weighted by Crippen LogP contribution is -2.27. The summed E-state index contributed by atoms with van der Waals surface area (Å²) in [4.78, 5) is 23.1. The summed E-state index contributed by atoms with van der Waals surface area (Å²) in [6, 6.07) is 13.8. The number of hydrogen-bond acceptors (Lipinski definition) is 6. The van der Waals surface area contributed by atoms with Gasteiger partial charge in [-0.15, -0.1) is 0 Å². The van der Waals surface area contributed by atoms with Crippen molar-refractivity contribution in [3.05, 3.63) is 70.4 Å². The summed E-state index contributed by atoms with van der Waals surface area (Å²) in [6.07, 6.45) is 9.55. The maximum Gasteiger partial charge on any atom is 0.271 e. The molecule has 2 aromatic carbocycles. The first kappa shape index (κ1) is 24.5. The first-order valence-electron chi connectivity index (χ1n) is 12.6. The smallest absolute Gasteiger partial charge is 0.271 e. The van der Waals surface area contributed by atoms with Gasteiger partial charge in [-0.2, -0.15) is 0 Å². The van der Waals surface area contributed by atoms with Crippen molar-refractivity contribution in [2.24, 2.45) is 10.9 Å². The monoisotopic (exact) mass is 506 g/mol. The lowest BCUT2D eigenvalue weighted by Gasteiger charge is -2.15. The van der Waals surface area contributed by atoms with Crippen LogP contribution in [0.25, 0.3) is 10.9 Å². The average Bonchev–Trinajstić information content (AvgIpc) is 3.56. The number of oxime groups is 1. The summed E-state index contributed by atoms with van der Waals surface area (Å²) >= 11 is 6.27. The number of ether oxygens (including phenoxy) is 1. The van der Waals surface area contributed by atoms with Crippen LogP contribution in [0.5, 0.6) is 5.75 Å². The first-order valence-corrected chi connectivity index (χ1v) is 13.0. The van der Waals surface area contributed by atoms with Gasteiger partial charge in [0.25, 0.3) is 5.91 Å². The number of benzene rings is 2. The van der Waals surface area contributed by atoms with Gasteiger partial charge >= 0.3 is 0 Å². The number of halogens is 1. The van der Waals surface area contributed by atoms with Crippen molar-refractivity contribution in [3.63, 3.8) is 0 Å². The Bertz CT molecular complexity index is 1270. The van der Waals surface area contributed by atoms with E-state index in [-0.39, 0.29) is 5.71 Å². The number of nitrogens with two attached hydrogens (primary N) is 1. The Balaban J connectivity index is 0.000000149. The predicted molar refractivity (Wildman–Crippen MR) is 141 cm³/mol. The molecular weight excluding hydrogens is 476 g/mol. The van der Waals surface area contributed by atoms with Crippen LogP contribution < -0.4 is 10.5 Å². The van der Waals surface area contributed by atoms with Crippen molar-refractivity contribution < 1.29 is 14.4 Å². The highest BCUT2D eigenvalue weighted by atomic mass is 35.5. The van der Waals surface area contributed by atoms with Gasteiger partial charge in [0, 0.05) is 22.7 Å². The molecule has 1 saturated carbocycles. The second-order valence-electron chi connectivity index (χ2n) is 9.48. The minimum atomic E-state index is -0.596. The van der Waals surface area contributed by atoms with Gasteiger partial charge in [-0.05, 0) is 81.9 Å². The summed E-state index contributed by atoms with van der Waals surface area (Å²) in [7, 11) is 0. The van der Waals surface area contributed by atoms with Crippen LogP contribution in [0.1, 0.15) is 48.8 Å². The standard InChI is InChI=1S/C16H22ClNO.C12H9N3O2/c17-15-12-13(4-3-11-18-9-1-2-10-18)5-8-16(15)19-14-6-7-14;13-12(16)11-8-4-3-7-2-1-5-14-10(7)9(8)6-17-15-11/h5,8,12,14H,1-4,6-7,9-11H2;1-5H,6H2,(H2,13,16). The number of pyridine rings is 1. The van der Waals surface area contributed by atoms with Crippen LogP contribution in [0, 0.1) is 0 Å². The van der Waals surface area contributed by atoms with Crippen molar-refractivity contribution in [2.45, 2.75) is 51.2 Å². The molecular formula is C28H31ClN4O3. The molecule has 8 heteroatoms. The average molecular weight is 507 g/mol. The molecule has 3 aliphatic rings. The van der Waals surface area contributed by atoms with Crippen LogP contribution in [0.4, 0.5) is 0 Å². The zero-order valence-corrected chi connectivity index (χ0v) is 21.0. The van der Waals surface area contributed by atoms with Crippen LogP contribution in [0.2, 0.25) is 5.02 Å². The Labute approximate surface area is 216 Å². The second-order valence-corrected chi connectivity index (χ2v) is 9.89. The van der Waals surface area contributed by atoms with E-state index in [0.29, 0.717) is 18.3 Å². The minimum absolute atomic E-state index is 0.152. The zero-order valence-electron chi connectivity index (χ0n) is 20.3. The molecule has 0 radical (unpaired) electrons. The molecule has 1 aromatic heterocycles. The topological polar surface area (TPSA) is 90.0 Å². The molecule has 188 valence electrons. The lowest BCUT2D eigenvalue weighted by molar-refractivity contribution is -0.112. The Morgan fingerprint density at radius 3 is 2.75 bits per heavy atom. The van der Waals surface area contributed by atoms with Gasteiger partial charge in [0.15, 0.2) is 5.71 Å². The third kappa shape index (κ3) is 5.97. The molecule has 0 unspecified atom stereocenters. The molecule has 2 aliphatic heterocycles. The summed E-state index contributed by atoms with van der Waals surface area (Å²) in [5, 5.41) is 5.46. The molecule has 1 amide bonds. The number of aromatic nitrogens is 1. The van der Waals surface area contributed by atoms with Crippen LogP contribution >= 0.6 is 11.6 Å². The number of nitrogens with zero attached hydrogens (tertiary/aromatic N) is 3. The fourth-order valence-electron chi connectivity index (χ4n) is 4.64. The normalized spacial score (nSPS) is 17.0. The van der Waals surface area contributed by atoms with E-state index in [1.165, 1.54) is 57.3 Å². The number of rotatable bonds is 7. The third-order valence-electron chi connectivity index (χ3n) is 6.69. The van der Waals surface area contributed by atoms with E-state index in [9.17, 15) is 4.79 Å². The third-order valence-corrected chi connectivity index (χ3v) is 6.98. The molecule has 3 heterocycles. The highest BCUT2D eigenvalue weighted by Gasteiger charge is 2.24. The maximum absolute atomic E-state index is 11.2. The van der Waals surface area contributed by atoms with Gasteiger partial charge < -0.3 is 20.2 Å². The van der Waals surface area contributed by atoms with Crippen molar-refractivity contribution in [3.8, 4) is 5.75 Å². The molecule has 0 bridgehead atoms. The van der Waals surface area contributed by atoms with Gasteiger partial charge in [-0.25, -0.2) is 0 Å². The number of primary amides is 1. The molecule has 6 rings (SSSR count). The number of amides is 1. The fraction of sp³-hybridized carbons (Fsp3) is 0.393. The predicted octanol–water partition coefficient (Wildman–Crippen LogP) is 4.86. The van der Waals surface area contributed by atoms with Gasteiger partial charge in [0.05, 0.1) is 16.6 Å². The number of carbonyl (C=O) groups excluding carboxylic acids is 1. The Hall–Kier alpha value is -3.16. The van der Waals surface area contributed by atoms with Crippen LogP contribution in [-0.2, 0) is 22.7 Å². The minimum Gasteiger partial charge on any atom is -0.489 e. The van der Waals surface area contributed by atoms with Gasteiger partial charge in [0.2, 0.25) is 0 Å². The molecule has 3 aromatic rings. The highest BCUT2D eigenvalue weighted by Crippen LogP contribution is 2.32. The zero-order chi connectivity index (χ0) is 24.9. The molecule has 1 saturated heterocycles. The summed E-state index contributed by atoms with van der Waals surface area (Å²) in [6.45, 7) is 4.10. The lowest BCUT2D eigenvalue weighted by atomic mass is 9.99. The molecule has 7 nitrogen and oxygen atoms in total. The first-order chi connectivity index (χ1) is 17.6. The Morgan fingerprint density at radius 2 is 2.00 bits per heavy atom. The van der Waals surface area contributed by atoms with Gasteiger partial charge in [-0.1, -0.05) is 41.0 Å². The van der Waals surface area contributed by atoms with Gasteiger partial charge in [0.1, 0.15) is 12.4 Å². The van der Waals surface area contributed by atoms with E-state index in [2.05, 4.69) is 27.2 Å². The van der Waals surface area contributed by atoms with E-state index in [1.54, 1.807) is 6.20 Å². The van der Waals surface area contributed by atoms with Crippen LogP contribution in [0.3, 0.4) is 0 Å². The van der Waals surface area contributed by atoms with Crippen molar-refractivity contribution >= 4 is 34.1 Å². The highest BCUT2D eigenvalue weighted by molar-refractivity contribution is 6.45. The number of hydrogen-bond donors (Lipinski definition) is 1. The number of aryl methyl sites for hydroxylation is 1. The van der Waals surface area contributed by atoms with Crippen LogP contribution in [0.15, 0.2) is 53.8 Å². The van der Waals surface area contributed by atoms with E-state index in [1.807, 2.05) is 30.3 Å². The largest absolute Gasteiger partial charge is 0.489 e. The molecule has 2 fully saturated rings. The number of likely N-dealkylation sites (tertiary alicyclic amines) is 1. The van der Waals surface area contributed by atoms with E-state index >= 15 is 0 Å². The van der Waals surface area contributed by atoms with Crippen molar-refractivity contribution in [1.29, 1.82) is 0 Å². The van der Waals surface area contributed by atoms with Crippen molar-refractivity contribution in [2.75, 3.05) is 19.6 Å². The summed E-state index contributed by atoms with van der Waals surface area (Å²) < 4.78 is 5.76. The quantitative estimate of drug-likeness (QED) is 0.494. The Morgan fingerprint density at radius 1 is 1.17 bits per heavy atom. The molecule has 0 atom stereocenters. The van der Waals surface area contributed by atoms with E-state index < -0.39 is 5.91 Å². The van der Waals surface area contributed by atoms with Gasteiger partial charge in [-0.3, -0.25) is 9.78 Å². The molecule has 1 aliphatic carbocycles. The molecule has 2 N–H and O–H groups in total. The Kier molecular flexibility index (Phi) is 7.68. The number of fused-ring (bicyclic) bond motifs is 3. The molecule has 36 heavy (non-hydrogen) atoms. The number of carbonyl (C=O) groups is 1. The van der Waals surface area contributed by atoms with Crippen LogP contribution in [-0.4, -0.2) is 47.2 Å². The van der Waals surface area contributed by atoms with E-state index in [0.717, 1.165) is 33.7 Å². The van der Waals surface area contributed by atoms with Crippen molar-refractivity contribution in [1.82, 2.24) is 9.88 Å². The summed E-state index contributed by atoms with van der Waals surface area (Å²) in [5.74, 6) is 0.258.